The molecule has 3 aromatic rings. The molecule has 164 valence electrons. The molecule has 3 rings (SSSR count). The number of carboxylic acids is 1. The van der Waals surface area contributed by atoms with Crippen molar-refractivity contribution in [2.45, 2.75) is 19.3 Å². The lowest BCUT2D eigenvalue weighted by Gasteiger charge is -2.12. The fraction of sp³-hybridized carbons (Fsp3) is 0.182. The van der Waals surface area contributed by atoms with Gasteiger partial charge in [-0.05, 0) is 49.2 Å². The third-order valence-corrected chi connectivity index (χ3v) is 4.79. The highest BCUT2D eigenvalue weighted by atomic mass is 35.5. The first-order valence-electron chi connectivity index (χ1n) is 9.50. The van der Waals surface area contributed by atoms with E-state index < -0.39 is 23.4 Å². The van der Waals surface area contributed by atoms with Crippen molar-refractivity contribution in [3.63, 3.8) is 0 Å². The number of carbonyl (C=O) groups excluding carboxylic acids is 1. The van der Waals surface area contributed by atoms with Crippen molar-refractivity contribution in [2.75, 3.05) is 6.54 Å². The van der Waals surface area contributed by atoms with Crippen LogP contribution in [-0.4, -0.2) is 33.6 Å². The Kier molecular flexibility index (Phi) is 7.07. The van der Waals surface area contributed by atoms with Crippen molar-refractivity contribution >= 4 is 34.2 Å². The minimum absolute atomic E-state index is 0.0124. The number of nitrogens with zero attached hydrogens (tertiary/aromatic N) is 2. The van der Waals surface area contributed by atoms with Gasteiger partial charge in [-0.1, -0.05) is 11.6 Å². The van der Waals surface area contributed by atoms with Gasteiger partial charge in [-0.2, -0.15) is 5.26 Å². The van der Waals surface area contributed by atoms with E-state index in [0.717, 1.165) is 6.07 Å². The van der Waals surface area contributed by atoms with Gasteiger partial charge in [0.05, 0.1) is 5.02 Å². The Bertz CT molecular complexity index is 1240. The normalized spacial score (nSPS) is 10.5. The number of rotatable bonds is 8. The van der Waals surface area contributed by atoms with Crippen LogP contribution in [0.2, 0.25) is 5.02 Å². The van der Waals surface area contributed by atoms with E-state index in [1.807, 2.05) is 6.07 Å². The number of carboxylic acid groups (broad SMARTS) is 1. The molecular weight excluding hydrogens is 441 g/mol. The molecule has 0 aliphatic rings. The zero-order valence-corrected chi connectivity index (χ0v) is 17.3. The van der Waals surface area contributed by atoms with Gasteiger partial charge < -0.3 is 20.3 Å². The molecule has 0 saturated heterocycles. The summed E-state index contributed by atoms with van der Waals surface area (Å²) in [5.74, 6) is -2.08. The van der Waals surface area contributed by atoms with Crippen LogP contribution in [0.25, 0.3) is 10.8 Å². The molecule has 0 atom stereocenters. The summed E-state index contributed by atoms with van der Waals surface area (Å²) < 4.78 is 18.9. The molecule has 0 saturated carbocycles. The van der Waals surface area contributed by atoms with Crippen LogP contribution >= 0.6 is 11.6 Å². The zero-order chi connectivity index (χ0) is 23.3. The summed E-state index contributed by atoms with van der Waals surface area (Å²) in [6, 6.07) is 9.94. The van der Waals surface area contributed by atoms with Crippen molar-refractivity contribution in [3.05, 3.63) is 58.6 Å². The second-order valence-corrected chi connectivity index (χ2v) is 7.17. The van der Waals surface area contributed by atoms with Crippen LogP contribution < -0.4 is 10.1 Å². The van der Waals surface area contributed by atoms with Crippen LogP contribution in [0.1, 0.15) is 35.4 Å². The Morgan fingerprint density at radius 3 is 2.66 bits per heavy atom. The molecule has 0 bridgehead atoms. The summed E-state index contributed by atoms with van der Waals surface area (Å²) in [5.41, 5.74) is -0.424. The number of aromatic hydroxyl groups is 1. The van der Waals surface area contributed by atoms with Gasteiger partial charge in [0.25, 0.3) is 5.91 Å². The number of hydrogen-bond acceptors (Lipinski definition) is 6. The van der Waals surface area contributed by atoms with Crippen LogP contribution in [0.5, 0.6) is 17.2 Å². The van der Waals surface area contributed by atoms with E-state index in [9.17, 15) is 24.3 Å². The zero-order valence-electron chi connectivity index (χ0n) is 16.6. The average Bonchev–Trinajstić information content (AvgIpc) is 2.75. The molecule has 32 heavy (non-hydrogen) atoms. The highest BCUT2D eigenvalue weighted by Crippen LogP contribution is 2.35. The first-order valence-corrected chi connectivity index (χ1v) is 9.87. The SMILES string of the molecule is N#Cc1nc(C(=O)NCCCCC(=O)O)c(O)c2ccc(Oc3ccc(F)cc3Cl)cc12. The number of nitriles is 1. The van der Waals surface area contributed by atoms with Gasteiger partial charge >= 0.3 is 5.97 Å². The lowest BCUT2D eigenvalue weighted by Crippen LogP contribution is -2.26. The van der Waals surface area contributed by atoms with Gasteiger partial charge in [-0.15, -0.1) is 0 Å². The Labute approximate surface area is 186 Å². The molecule has 1 aromatic heterocycles. The molecule has 0 spiro atoms. The Morgan fingerprint density at radius 2 is 1.97 bits per heavy atom. The number of halogens is 2. The number of amides is 1. The number of aromatic nitrogens is 1. The minimum atomic E-state index is -0.922. The maximum atomic E-state index is 13.2. The topological polar surface area (TPSA) is 133 Å². The summed E-state index contributed by atoms with van der Waals surface area (Å²) in [4.78, 5) is 26.9. The number of benzene rings is 2. The monoisotopic (exact) mass is 457 g/mol. The lowest BCUT2D eigenvalue weighted by atomic mass is 10.1. The fourth-order valence-electron chi connectivity index (χ4n) is 2.96. The van der Waals surface area contributed by atoms with Crippen molar-refractivity contribution in [1.82, 2.24) is 10.3 Å². The molecular formula is C22H17ClFN3O5. The lowest BCUT2D eigenvalue weighted by molar-refractivity contribution is -0.137. The summed E-state index contributed by atoms with van der Waals surface area (Å²) >= 11 is 5.97. The molecule has 3 N–H and O–H groups in total. The largest absolute Gasteiger partial charge is 0.505 e. The van der Waals surface area contributed by atoms with Gasteiger partial charge in [0.15, 0.2) is 11.4 Å². The number of nitrogens with one attached hydrogen (secondary N) is 1. The van der Waals surface area contributed by atoms with E-state index >= 15 is 0 Å². The molecule has 0 unspecified atom stereocenters. The van der Waals surface area contributed by atoms with E-state index in [0.29, 0.717) is 12.8 Å². The van der Waals surface area contributed by atoms with Crippen molar-refractivity contribution < 1.29 is 28.9 Å². The fourth-order valence-corrected chi connectivity index (χ4v) is 3.16. The molecule has 0 radical (unpaired) electrons. The number of aliphatic carboxylic acids is 1. The minimum Gasteiger partial charge on any atom is -0.505 e. The van der Waals surface area contributed by atoms with Crippen molar-refractivity contribution in [2.24, 2.45) is 0 Å². The molecule has 8 nitrogen and oxygen atoms in total. The Hall–Kier alpha value is -3.90. The third-order valence-electron chi connectivity index (χ3n) is 4.49. The van der Waals surface area contributed by atoms with E-state index in [2.05, 4.69) is 10.3 Å². The van der Waals surface area contributed by atoms with Crippen LogP contribution in [0.4, 0.5) is 4.39 Å². The van der Waals surface area contributed by atoms with E-state index in [1.165, 1.54) is 30.3 Å². The standard InChI is InChI=1S/C22H17ClFN3O5/c23-16-9-12(24)4-7-18(16)32-13-5-6-14-15(10-13)17(11-25)27-20(21(14)30)22(31)26-8-2-1-3-19(28)29/h4-7,9-10,30H,1-3,8H2,(H,26,31)(H,28,29). The predicted octanol–water partition coefficient (Wildman–Crippen LogP) is 4.38. The van der Waals surface area contributed by atoms with Crippen LogP contribution in [0.15, 0.2) is 36.4 Å². The summed E-state index contributed by atoms with van der Waals surface area (Å²) in [5, 5.41) is 31.8. The number of ether oxygens (including phenoxy) is 1. The average molecular weight is 458 g/mol. The van der Waals surface area contributed by atoms with Gasteiger partial charge in [-0.3, -0.25) is 9.59 Å². The van der Waals surface area contributed by atoms with Crippen LogP contribution in [0.3, 0.4) is 0 Å². The van der Waals surface area contributed by atoms with Gasteiger partial charge in [0.1, 0.15) is 29.1 Å². The highest BCUT2D eigenvalue weighted by Gasteiger charge is 2.20. The van der Waals surface area contributed by atoms with Crippen molar-refractivity contribution in [3.8, 4) is 23.3 Å². The summed E-state index contributed by atoms with van der Waals surface area (Å²) in [6.07, 6.45) is 0.808. The Balaban J connectivity index is 1.85. The van der Waals surface area contributed by atoms with Crippen molar-refractivity contribution in [1.29, 1.82) is 5.26 Å². The maximum absolute atomic E-state index is 13.2. The van der Waals surface area contributed by atoms with E-state index in [4.69, 9.17) is 21.4 Å². The molecule has 1 amide bonds. The van der Waals surface area contributed by atoms with E-state index in [1.54, 1.807) is 0 Å². The number of hydrogen-bond donors (Lipinski definition) is 3. The highest BCUT2D eigenvalue weighted by molar-refractivity contribution is 6.32. The second-order valence-electron chi connectivity index (χ2n) is 6.76. The quantitative estimate of drug-likeness (QED) is 0.427. The van der Waals surface area contributed by atoms with Crippen LogP contribution in [0, 0.1) is 17.1 Å². The number of pyridine rings is 1. The number of carbonyl (C=O) groups is 2. The summed E-state index contributed by atoms with van der Waals surface area (Å²) in [7, 11) is 0. The first kappa shape index (κ1) is 22.8. The first-order chi connectivity index (χ1) is 15.3. The molecule has 10 heteroatoms. The second kappa shape index (κ2) is 9.94. The Morgan fingerprint density at radius 1 is 1.19 bits per heavy atom. The molecule has 1 heterocycles. The number of unbranched alkanes of at least 4 members (excludes halogenated alkanes) is 1. The summed E-state index contributed by atoms with van der Waals surface area (Å²) in [6.45, 7) is 0.193. The molecule has 2 aromatic carbocycles. The molecule has 0 fully saturated rings. The van der Waals surface area contributed by atoms with E-state index in [-0.39, 0.29) is 51.6 Å². The molecule has 0 aliphatic heterocycles. The smallest absolute Gasteiger partial charge is 0.303 e. The van der Waals surface area contributed by atoms with Gasteiger partial charge in [-0.25, -0.2) is 9.37 Å². The van der Waals surface area contributed by atoms with Gasteiger partial charge in [0, 0.05) is 23.7 Å². The maximum Gasteiger partial charge on any atom is 0.303 e. The van der Waals surface area contributed by atoms with Gasteiger partial charge in [0.2, 0.25) is 0 Å². The molecule has 0 aliphatic carbocycles. The van der Waals surface area contributed by atoms with Crippen LogP contribution in [-0.2, 0) is 4.79 Å². The number of fused-ring (bicyclic) bond motifs is 1. The third kappa shape index (κ3) is 5.22. The predicted molar refractivity (Wildman–Crippen MR) is 113 cm³/mol.